The Morgan fingerprint density at radius 1 is 1.00 bits per heavy atom. The monoisotopic (exact) mass is 268 g/mol. The van der Waals surface area contributed by atoms with Crippen LogP contribution in [0.4, 0.5) is 0 Å². The summed E-state index contributed by atoms with van der Waals surface area (Å²) >= 11 is 0. The lowest BCUT2D eigenvalue weighted by Gasteiger charge is -2.12. The average molecular weight is 268 g/mol. The molecular weight excluding hydrogens is 252 g/mol. The van der Waals surface area contributed by atoms with Crippen LogP contribution in [-0.4, -0.2) is 13.2 Å². The van der Waals surface area contributed by atoms with Crippen LogP contribution >= 0.6 is 0 Å². The topological polar surface area (TPSA) is 68.3 Å². The summed E-state index contributed by atoms with van der Waals surface area (Å²) in [6, 6.07) is 17.1. The Labute approximate surface area is 118 Å². The second kappa shape index (κ2) is 7.17. The second-order valence-electron chi connectivity index (χ2n) is 4.18. The Balaban J connectivity index is 2.11. The Kier molecular flexibility index (Phi) is 4.99. The molecule has 0 aliphatic carbocycles. The summed E-state index contributed by atoms with van der Waals surface area (Å²) < 4.78 is 11.3. The number of nitrogens with two attached hydrogens (primary N) is 1. The fourth-order valence-electron chi connectivity index (χ4n) is 1.71. The summed E-state index contributed by atoms with van der Waals surface area (Å²) in [5, 5.41) is 8.92. The quantitative estimate of drug-likeness (QED) is 0.873. The van der Waals surface area contributed by atoms with Gasteiger partial charge in [-0.3, -0.25) is 0 Å². The summed E-state index contributed by atoms with van der Waals surface area (Å²) in [6.07, 6.45) is 0. The van der Waals surface area contributed by atoms with Crippen molar-refractivity contribution in [3.05, 3.63) is 59.7 Å². The first kappa shape index (κ1) is 13.9. The molecule has 20 heavy (non-hydrogen) atoms. The van der Waals surface area contributed by atoms with Gasteiger partial charge in [-0.25, -0.2) is 0 Å². The summed E-state index contributed by atoms with van der Waals surface area (Å²) in [5.74, 6) is 1.16. The number of hydrogen-bond donors (Lipinski definition) is 1. The van der Waals surface area contributed by atoms with Crippen molar-refractivity contribution in [1.29, 1.82) is 5.26 Å². The molecule has 0 spiro atoms. The Morgan fingerprint density at radius 3 is 2.50 bits per heavy atom. The van der Waals surface area contributed by atoms with Gasteiger partial charge >= 0.3 is 0 Å². The van der Waals surface area contributed by atoms with E-state index in [1.165, 1.54) is 0 Å². The fraction of sp³-hybridized carbons (Fsp3) is 0.188. The van der Waals surface area contributed by atoms with Gasteiger partial charge in [0, 0.05) is 12.6 Å². The van der Waals surface area contributed by atoms with Crippen molar-refractivity contribution >= 4 is 0 Å². The van der Waals surface area contributed by atoms with E-state index >= 15 is 0 Å². The van der Waals surface area contributed by atoms with Gasteiger partial charge in [0.05, 0.1) is 11.6 Å². The van der Waals surface area contributed by atoms with Crippen molar-refractivity contribution in [3.63, 3.8) is 0 Å². The summed E-state index contributed by atoms with van der Waals surface area (Å²) in [5.41, 5.74) is 7.03. The lowest BCUT2D eigenvalue weighted by molar-refractivity contribution is 0.266. The maximum Gasteiger partial charge on any atom is 0.162 e. The molecule has 0 unspecified atom stereocenters. The van der Waals surface area contributed by atoms with Crippen LogP contribution in [0.5, 0.6) is 11.5 Å². The minimum Gasteiger partial charge on any atom is -0.488 e. The van der Waals surface area contributed by atoms with Gasteiger partial charge in [0.25, 0.3) is 0 Å². The van der Waals surface area contributed by atoms with E-state index in [-0.39, 0.29) is 0 Å². The van der Waals surface area contributed by atoms with Crippen molar-refractivity contribution in [3.8, 4) is 17.6 Å². The molecule has 2 aromatic rings. The molecule has 0 aliphatic rings. The molecule has 102 valence electrons. The number of nitrogens with zero attached hydrogens (tertiary/aromatic N) is 1. The molecule has 0 bridgehead atoms. The standard InChI is InChI=1S/C16H16N2O2/c17-8-9-19-16-10-14(11-18)6-7-15(16)20-12-13-4-2-1-3-5-13/h1-7,10H,8-9,12,17H2. The highest BCUT2D eigenvalue weighted by Crippen LogP contribution is 2.29. The smallest absolute Gasteiger partial charge is 0.162 e. The van der Waals surface area contributed by atoms with Gasteiger partial charge in [0.15, 0.2) is 11.5 Å². The maximum absolute atomic E-state index is 8.92. The van der Waals surface area contributed by atoms with Crippen LogP contribution in [0.2, 0.25) is 0 Å². The molecule has 0 aromatic heterocycles. The zero-order valence-electron chi connectivity index (χ0n) is 11.1. The van der Waals surface area contributed by atoms with Gasteiger partial charge < -0.3 is 15.2 Å². The molecule has 4 heteroatoms. The van der Waals surface area contributed by atoms with Gasteiger partial charge in [-0.1, -0.05) is 30.3 Å². The van der Waals surface area contributed by atoms with Crippen molar-refractivity contribution in [2.24, 2.45) is 5.73 Å². The van der Waals surface area contributed by atoms with E-state index in [1.807, 2.05) is 30.3 Å². The average Bonchev–Trinajstić information content (AvgIpc) is 2.52. The summed E-state index contributed by atoms with van der Waals surface area (Å²) in [6.45, 7) is 1.25. The highest BCUT2D eigenvalue weighted by molar-refractivity contribution is 5.46. The third-order valence-electron chi connectivity index (χ3n) is 2.69. The summed E-state index contributed by atoms with van der Waals surface area (Å²) in [7, 11) is 0. The Morgan fingerprint density at radius 2 is 1.80 bits per heavy atom. The molecule has 0 amide bonds. The minimum atomic E-state index is 0.385. The molecule has 0 aliphatic heterocycles. The molecule has 2 rings (SSSR count). The second-order valence-corrected chi connectivity index (χ2v) is 4.18. The van der Waals surface area contributed by atoms with Crippen molar-refractivity contribution < 1.29 is 9.47 Å². The molecule has 2 aromatic carbocycles. The Hall–Kier alpha value is -2.51. The normalized spacial score (nSPS) is 9.80. The van der Waals surface area contributed by atoms with Crippen molar-refractivity contribution in [2.45, 2.75) is 6.61 Å². The molecule has 0 saturated heterocycles. The van der Waals surface area contributed by atoms with Gasteiger partial charge in [0.1, 0.15) is 13.2 Å². The van der Waals surface area contributed by atoms with E-state index in [0.29, 0.717) is 36.8 Å². The molecule has 0 fully saturated rings. The largest absolute Gasteiger partial charge is 0.488 e. The highest BCUT2D eigenvalue weighted by atomic mass is 16.5. The highest BCUT2D eigenvalue weighted by Gasteiger charge is 2.07. The van der Waals surface area contributed by atoms with E-state index in [9.17, 15) is 0 Å². The van der Waals surface area contributed by atoms with Crippen LogP contribution in [0.15, 0.2) is 48.5 Å². The third kappa shape index (κ3) is 3.74. The van der Waals surface area contributed by atoms with Crippen LogP contribution in [0.25, 0.3) is 0 Å². The number of ether oxygens (including phenoxy) is 2. The molecule has 2 N–H and O–H groups in total. The maximum atomic E-state index is 8.92. The van der Waals surface area contributed by atoms with Gasteiger partial charge in [-0.15, -0.1) is 0 Å². The first-order valence-electron chi connectivity index (χ1n) is 6.37. The van der Waals surface area contributed by atoms with Gasteiger partial charge in [-0.2, -0.15) is 5.26 Å². The zero-order chi connectivity index (χ0) is 14.2. The lowest BCUT2D eigenvalue weighted by Crippen LogP contribution is -2.11. The first-order chi connectivity index (χ1) is 9.83. The molecule has 0 saturated carbocycles. The fourth-order valence-corrected chi connectivity index (χ4v) is 1.71. The number of nitriles is 1. The lowest BCUT2D eigenvalue weighted by atomic mass is 10.2. The van der Waals surface area contributed by atoms with Crippen LogP contribution in [0.3, 0.4) is 0 Å². The van der Waals surface area contributed by atoms with Crippen LogP contribution in [0.1, 0.15) is 11.1 Å². The van der Waals surface area contributed by atoms with Crippen molar-refractivity contribution in [2.75, 3.05) is 13.2 Å². The van der Waals surface area contributed by atoms with Gasteiger partial charge in [0.2, 0.25) is 0 Å². The van der Waals surface area contributed by atoms with Crippen molar-refractivity contribution in [1.82, 2.24) is 0 Å². The van der Waals surface area contributed by atoms with Gasteiger partial charge in [-0.05, 0) is 17.7 Å². The molecule has 4 nitrogen and oxygen atoms in total. The van der Waals surface area contributed by atoms with E-state index in [0.717, 1.165) is 5.56 Å². The third-order valence-corrected chi connectivity index (χ3v) is 2.69. The van der Waals surface area contributed by atoms with E-state index in [4.69, 9.17) is 20.5 Å². The Bertz CT molecular complexity index is 591. The first-order valence-corrected chi connectivity index (χ1v) is 6.37. The van der Waals surface area contributed by atoms with Crippen LogP contribution in [-0.2, 0) is 6.61 Å². The minimum absolute atomic E-state index is 0.385. The molecule has 0 heterocycles. The molecule has 0 radical (unpaired) electrons. The van der Waals surface area contributed by atoms with E-state index < -0.39 is 0 Å². The number of rotatable bonds is 6. The van der Waals surface area contributed by atoms with Crippen LogP contribution < -0.4 is 15.2 Å². The summed E-state index contributed by atoms with van der Waals surface area (Å²) in [4.78, 5) is 0. The van der Waals surface area contributed by atoms with Crippen LogP contribution in [0, 0.1) is 11.3 Å². The number of benzene rings is 2. The number of hydrogen-bond acceptors (Lipinski definition) is 4. The van der Waals surface area contributed by atoms with E-state index in [2.05, 4.69) is 6.07 Å². The predicted octanol–water partition coefficient (Wildman–Crippen LogP) is 2.47. The molecule has 0 atom stereocenters. The SMILES string of the molecule is N#Cc1ccc(OCc2ccccc2)c(OCCN)c1. The predicted molar refractivity (Wildman–Crippen MR) is 76.5 cm³/mol. The molecular formula is C16H16N2O2. The zero-order valence-corrected chi connectivity index (χ0v) is 11.1. The van der Waals surface area contributed by atoms with E-state index in [1.54, 1.807) is 18.2 Å².